The summed E-state index contributed by atoms with van der Waals surface area (Å²) >= 11 is 1.59. The topological polar surface area (TPSA) is 65.2 Å². The Labute approximate surface area is 154 Å². The summed E-state index contributed by atoms with van der Waals surface area (Å²) < 4.78 is 10.5. The van der Waals surface area contributed by atoms with Crippen molar-refractivity contribution in [1.82, 2.24) is 9.97 Å². The first-order valence-electron chi connectivity index (χ1n) is 8.11. The van der Waals surface area contributed by atoms with Crippen LogP contribution in [0.4, 0.5) is 0 Å². The third kappa shape index (κ3) is 3.15. The van der Waals surface area contributed by atoms with Crippen LogP contribution in [0.2, 0.25) is 0 Å². The average molecular weight is 364 g/mol. The molecule has 0 saturated carbocycles. The van der Waals surface area contributed by atoms with Crippen LogP contribution in [-0.4, -0.2) is 17.1 Å². The van der Waals surface area contributed by atoms with Gasteiger partial charge in [0.25, 0.3) is 0 Å². The number of hydrogen-bond donors (Lipinski definition) is 0. The van der Waals surface area contributed by atoms with Gasteiger partial charge in [0, 0.05) is 28.7 Å². The van der Waals surface area contributed by atoms with Gasteiger partial charge in [0.15, 0.2) is 0 Å². The molecule has 5 nitrogen and oxygen atoms in total. The molecule has 4 rings (SSSR count). The van der Waals surface area contributed by atoms with E-state index in [-0.39, 0.29) is 5.63 Å². The molecule has 0 aliphatic heterocycles. The molecule has 0 aliphatic rings. The largest absolute Gasteiger partial charge is 0.497 e. The Kier molecular flexibility index (Phi) is 4.34. The lowest BCUT2D eigenvalue weighted by molar-refractivity contribution is 0.414. The molecule has 0 bridgehead atoms. The van der Waals surface area contributed by atoms with E-state index in [1.54, 1.807) is 24.9 Å². The van der Waals surface area contributed by atoms with Crippen molar-refractivity contribution >= 4 is 33.6 Å². The second-order valence-corrected chi connectivity index (χ2v) is 6.80. The van der Waals surface area contributed by atoms with Gasteiger partial charge in [-0.3, -0.25) is 0 Å². The fourth-order valence-electron chi connectivity index (χ4n) is 2.87. The summed E-state index contributed by atoms with van der Waals surface area (Å²) in [5.41, 5.74) is 1.98. The van der Waals surface area contributed by atoms with Crippen LogP contribution in [0.3, 0.4) is 0 Å². The first-order valence-corrected chi connectivity index (χ1v) is 9.09. The van der Waals surface area contributed by atoms with Crippen molar-refractivity contribution in [2.75, 3.05) is 7.11 Å². The molecule has 26 heavy (non-hydrogen) atoms. The van der Waals surface area contributed by atoms with Crippen molar-refractivity contribution < 1.29 is 9.15 Å². The Morgan fingerprint density at radius 1 is 1.08 bits per heavy atom. The third-order valence-corrected chi connectivity index (χ3v) is 5.12. The van der Waals surface area contributed by atoms with Crippen LogP contribution in [0.25, 0.3) is 21.9 Å². The highest BCUT2D eigenvalue weighted by molar-refractivity contribution is 7.98. The highest BCUT2D eigenvalue weighted by Crippen LogP contribution is 2.31. The summed E-state index contributed by atoms with van der Waals surface area (Å²) in [6, 6.07) is 15.0. The maximum Gasteiger partial charge on any atom is 0.336 e. The third-order valence-electron chi connectivity index (χ3n) is 4.08. The number of ether oxygens (including phenoxy) is 1. The van der Waals surface area contributed by atoms with Crippen LogP contribution in [-0.2, 0) is 5.75 Å². The van der Waals surface area contributed by atoms with E-state index in [1.165, 1.54) is 6.07 Å². The van der Waals surface area contributed by atoms with Gasteiger partial charge < -0.3 is 9.15 Å². The van der Waals surface area contributed by atoms with Gasteiger partial charge in [0.05, 0.1) is 12.6 Å². The molecular weight excluding hydrogens is 348 g/mol. The molecule has 6 heteroatoms. The van der Waals surface area contributed by atoms with Crippen LogP contribution in [0.5, 0.6) is 5.75 Å². The molecule has 0 radical (unpaired) electrons. The molecule has 2 aromatic carbocycles. The van der Waals surface area contributed by atoms with E-state index in [9.17, 15) is 4.79 Å². The van der Waals surface area contributed by atoms with Crippen LogP contribution < -0.4 is 10.4 Å². The zero-order chi connectivity index (χ0) is 18.1. The maximum atomic E-state index is 11.9. The van der Waals surface area contributed by atoms with Crippen LogP contribution in [0, 0.1) is 6.92 Å². The van der Waals surface area contributed by atoms with E-state index in [0.29, 0.717) is 17.1 Å². The van der Waals surface area contributed by atoms with E-state index in [4.69, 9.17) is 9.15 Å². The van der Waals surface area contributed by atoms with Gasteiger partial charge in [0.1, 0.15) is 22.2 Å². The van der Waals surface area contributed by atoms with E-state index in [0.717, 1.165) is 32.7 Å². The first-order chi connectivity index (χ1) is 12.6. The smallest absolute Gasteiger partial charge is 0.336 e. The number of para-hydroxylation sites is 1. The second kappa shape index (κ2) is 6.80. The fourth-order valence-corrected chi connectivity index (χ4v) is 3.93. The van der Waals surface area contributed by atoms with Gasteiger partial charge in [-0.1, -0.05) is 18.2 Å². The lowest BCUT2D eigenvalue weighted by atomic mass is 10.1. The molecule has 0 amide bonds. The molecule has 0 atom stereocenters. The molecule has 0 aliphatic carbocycles. The lowest BCUT2D eigenvalue weighted by Gasteiger charge is -2.09. The predicted octanol–water partition coefficient (Wildman–Crippen LogP) is 4.35. The molecule has 2 aromatic heterocycles. The molecule has 0 spiro atoms. The van der Waals surface area contributed by atoms with Gasteiger partial charge >= 0.3 is 5.63 Å². The van der Waals surface area contributed by atoms with Gasteiger partial charge in [-0.15, -0.1) is 11.8 Å². The number of aromatic nitrogens is 2. The van der Waals surface area contributed by atoms with E-state index in [1.807, 2.05) is 43.3 Å². The second-order valence-electron chi connectivity index (χ2n) is 5.83. The molecule has 130 valence electrons. The van der Waals surface area contributed by atoms with Crippen molar-refractivity contribution in [1.29, 1.82) is 0 Å². The summed E-state index contributed by atoms with van der Waals surface area (Å²) in [6.07, 6.45) is 0. The van der Waals surface area contributed by atoms with E-state index < -0.39 is 0 Å². The number of nitrogens with zero attached hydrogens (tertiary/aromatic N) is 2. The average Bonchev–Trinajstić information content (AvgIpc) is 2.65. The van der Waals surface area contributed by atoms with Gasteiger partial charge in [-0.2, -0.15) is 0 Å². The maximum absolute atomic E-state index is 11.9. The predicted molar refractivity (Wildman–Crippen MR) is 103 cm³/mol. The summed E-state index contributed by atoms with van der Waals surface area (Å²) in [5.74, 6) is 1.99. The first kappa shape index (κ1) is 16.6. The Morgan fingerprint density at radius 2 is 1.92 bits per heavy atom. The SMILES string of the molecule is COc1ccc2c(CSc3nc(C)nc4ccccc34)cc(=O)oc2c1. The lowest BCUT2D eigenvalue weighted by Crippen LogP contribution is -2.00. The van der Waals surface area contributed by atoms with Gasteiger partial charge in [0.2, 0.25) is 0 Å². The Bertz CT molecular complexity index is 1170. The van der Waals surface area contributed by atoms with E-state index in [2.05, 4.69) is 9.97 Å². The molecule has 2 heterocycles. The number of hydrogen-bond acceptors (Lipinski definition) is 6. The minimum atomic E-state index is -0.370. The quantitative estimate of drug-likeness (QED) is 0.305. The summed E-state index contributed by atoms with van der Waals surface area (Å²) in [4.78, 5) is 21.0. The van der Waals surface area contributed by atoms with Crippen LogP contribution >= 0.6 is 11.8 Å². The molecular formula is C20H16N2O3S. The number of fused-ring (bicyclic) bond motifs is 2. The number of methoxy groups -OCH3 is 1. The Morgan fingerprint density at radius 3 is 2.77 bits per heavy atom. The Balaban J connectivity index is 1.74. The summed E-state index contributed by atoms with van der Waals surface area (Å²) in [5, 5.41) is 2.81. The highest BCUT2D eigenvalue weighted by Gasteiger charge is 2.10. The Hall–Kier alpha value is -2.86. The standard InChI is InChI=1S/C20H16N2O3S/c1-12-21-17-6-4-3-5-16(17)20(22-12)26-11-13-9-19(23)25-18-10-14(24-2)7-8-15(13)18/h3-10H,11H2,1-2H3. The summed E-state index contributed by atoms with van der Waals surface area (Å²) in [7, 11) is 1.58. The molecule has 0 unspecified atom stereocenters. The van der Waals surface area contributed by atoms with E-state index >= 15 is 0 Å². The highest BCUT2D eigenvalue weighted by atomic mass is 32.2. The minimum Gasteiger partial charge on any atom is -0.497 e. The van der Waals surface area contributed by atoms with Crippen molar-refractivity contribution in [3.63, 3.8) is 0 Å². The molecule has 0 saturated heterocycles. The molecule has 4 aromatic rings. The van der Waals surface area contributed by atoms with Gasteiger partial charge in [-0.05, 0) is 30.7 Å². The fraction of sp³-hybridized carbons (Fsp3) is 0.150. The molecule has 0 N–H and O–H groups in total. The van der Waals surface area contributed by atoms with Gasteiger partial charge in [-0.25, -0.2) is 14.8 Å². The zero-order valence-corrected chi connectivity index (χ0v) is 15.2. The number of thioether (sulfide) groups is 1. The minimum absolute atomic E-state index is 0.370. The number of aryl methyl sites for hydroxylation is 1. The van der Waals surface area contributed by atoms with Crippen molar-refractivity contribution in [2.24, 2.45) is 0 Å². The number of benzene rings is 2. The molecule has 0 fully saturated rings. The van der Waals surface area contributed by atoms with Crippen molar-refractivity contribution in [2.45, 2.75) is 17.7 Å². The van der Waals surface area contributed by atoms with Crippen molar-refractivity contribution in [3.05, 3.63) is 70.3 Å². The monoisotopic (exact) mass is 364 g/mol. The normalized spacial score (nSPS) is 11.2. The van der Waals surface area contributed by atoms with Crippen LogP contribution in [0.1, 0.15) is 11.4 Å². The number of rotatable bonds is 4. The van der Waals surface area contributed by atoms with Crippen molar-refractivity contribution in [3.8, 4) is 5.75 Å². The summed E-state index contributed by atoms with van der Waals surface area (Å²) in [6.45, 7) is 1.88. The van der Waals surface area contributed by atoms with Crippen LogP contribution in [0.15, 0.2) is 62.8 Å². The zero-order valence-electron chi connectivity index (χ0n) is 14.4.